The minimum atomic E-state index is 0.590. The van der Waals surface area contributed by atoms with Crippen LogP contribution in [0, 0.1) is 6.92 Å². The molecule has 2 aromatic rings. The molecule has 2 rings (SSSR count). The van der Waals surface area contributed by atoms with E-state index in [0.717, 1.165) is 29.2 Å². The molecular formula is C12H14ClN3S. The number of aryl methyl sites for hydroxylation is 1. The summed E-state index contributed by atoms with van der Waals surface area (Å²) in [7, 11) is 0. The molecule has 0 radical (unpaired) electrons. The average Bonchev–Trinajstić information content (AvgIpc) is 2.78. The second kappa shape index (κ2) is 5.38. The number of nitrogen functional groups attached to an aromatic ring is 1. The topological polar surface area (TPSA) is 50.9 Å². The molecule has 90 valence electrons. The first-order valence-corrected chi connectivity index (χ1v) is 6.60. The summed E-state index contributed by atoms with van der Waals surface area (Å²) >= 11 is 7.66. The summed E-state index contributed by atoms with van der Waals surface area (Å²) in [5, 5.41) is 7.06. The van der Waals surface area contributed by atoms with Crippen LogP contribution >= 0.6 is 22.9 Å². The highest BCUT2D eigenvalue weighted by atomic mass is 35.5. The highest BCUT2D eigenvalue weighted by Gasteiger charge is 2.03. The molecule has 1 heterocycles. The highest BCUT2D eigenvalue weighted by Crippen LogP contribution is 2.26. The van der Waals surface area contributed by atoms with Gasteiger partial charge in [-0.05, 0) is 24.6 Å². The van der Waals surface area contributed by atoms with E-state index in [0.29, 0.717) is 10.7 Å². The first-order valence-electron chi connectivity index (χ1n) is 5.34. The Morgan fingerprint density at radius 3 is 3.00 bits per heavy atom. The fourth-order valence-electron chi connectivity index (χ4n) is 1.57. The van der Waals surface area contributed by atoms with Gasteiger partial charge in [0.15, 0.2) is 0 Å². The van der Waals surface area contributed by atoms with E-state index in [2.05, 4.69) is 10.3 Å². The van der Waals surface area contributed by atoms with Gasteiger partial charge in [0.05, 0.1) is 15.7 Å². The van der Waals surface area contributed by atoms with E-state index < -0.39 is 0 Å². The Kier molecular flexibility index (Phi) is 3.86. The van der Waals surface area contributed by atoms with Crippen LogP contribution in [0.15, 0.2) is 23.7 Å². The quantitative estimate of drug-likeness (QED) is 0.836. The fraction of sp³-hybridized carbons (Fsp3) is 0.250. The Bertz CT molecular complexity index is 497. The zero-order chi connectivity index (χ0) is 12.3. The average molecular weight is 268 g/mol. The number of rotatable bonds is 4. The summed E-state index contributed by atoms with van der Waals surface area (Å²) in [6.07, 6.45) is 2.74. The van der Waals surface area contributed by atoms with Gasteiger partial charge >= 0.3 is 0 Å². The second-order valence-corrected chi connectivity index (χ2v) is 5.18. The largest absolute Gasteiger partial charge is 0.398 e. The number of nitrogens with one attached hydrogen (secondary N) is 1. The molecule has 3 N–H and O–H groups in total. The van der Waals surface area contributed by atoms with Crippen molar-refractivity contribution in [3.8, 4) is 0 Å². The summed E-state index contributed by atoms with van der Waals surface area (Å²) in [4.78, 5) is 4.23. The number of nitrogens with zero attached hydrogens (tertiary/aromatic N) is 1. The standard InChI is InChI=1S/C12H14ClN3S/c1-8-6-10(14)9(13)7-11(8)15-3-2-12-16-4-5-17-12/h4-7,15H,2-3,14H2,1H3. The van der Waals surface area contributed by atoms with Crippen molar-refractivity contribution < 1.29 is 0 Å². The van der Waals surface area contributed by atoms with Gasteiger partial charge in [-0.1, -0.05) is 11.6 Å². The van der Waals surface area contributed by atoms with Gasteiger partial charge in [-0.3, -0.25) is 0 Å². The van der Waals surface area contributed by atoms with Gasteiger partial charge in [0.25, 0.3) is 0 Å². The number of halogens is 1. The van der Waals surface area contributed by atoms with Gasteiger partial charge in [0.1, 0.15) is 0 Å². The monoisotopic (exact) mass is 267 g/mol. The predicted molar refractivity (Wildman–Crippen MR) is 74.9 cm³/mol. The Morgan fingerprint density at radius 1 is 1.47 bits per heavy atom. The molecule has 1 aromatic carbocycles. The molecule has 1 aromatic heterocycles. The van der Waals surface area contributed by atoms with Crippen LogP contribution in [0.1, 0.15) is 10.6 Å². The molecule has 0 unspecified atom stereocenters. The smallest absolute Gasteiger partial charge is 0.0942 e. The number of hydrogen-bond donors (Lipinski definition) is 2. The van der Waals surface area contributed by atoms with Crippen molar-refractivity contribution in [3.05, 3.63) is 39.3 Å². The van der Waals surface area contributed by atoms with Crippen LogP contribution in [0.2, 0.25) is 5.02 Å². The number of nitrogens with two attached hydrogens (primary N) is 1. The van der Waals surface area contributed by atoms with Gasteiger partial charge in [-0.25, -0.2) is 4.98 Å². The van der Waals surface area contributed by atoms with Crippen LogP contribution in [-0.2, 0) is 6.42 Å². The molecule has 0 atom stereocenters. The van der Waals surface area contributed by atoms with Gasteiger partial charge < -0.3 is 11.1 Å². The molecule has 5 heteroatoms. The van der Waals surface area contributed by atoms with Gasteiger partial charge in [-0.15, -0.1) is 11.3 Å². The van der Waals surface area contributed by atoms with E-state index in [1.807, 2.05) is 30.6 Å². The van der Waals surface area contributed by atoms with E-state index >= 15 is 0 Å². The van der Waals surface area contributed by atoms with Crippen molar-refractivity contribution >= 4 is 34.3 Å². The third-order valence-electron chi connectivity index (χ3n) is 2.48. The lowest BCUT2D eigenvalue weighted by atomic mass is 10.2. The highest BCUT2D eigenvalue weighted by molar-refractivity contribution is 7.09. The number of benzene rings is 1. The van der Waals surface area contributed by atoms with Gasteiger partial charge in [-0.2, -0.15) is 0 Å². The third kappa shape index (κ3) is 3.11. The van der Waals surface area contributed by atoms with Crippen molar-refractivity contribution in [1.82, 2.24) is 4.98 Å². The Morgan fingerprint density at radius 2 is 2.29 bits per heavy atom. The minimum absolute atomic E-state index is 0.590. The summed E-state index contributed by atoms with van der Waals surface area (Å²) in [6.45, 7) is 2.85. The number of aromatic nitrogens is 1. The summed E-state index contributed by atoms with van der Waals surface area (Å²) < 4.78 is 0. The van der Waals surface area contributed by atoms with Gasteiger partial charge in [0.2, 0.25) is 0 Å². The number of thiazole rings is 1. The van der Waals surface area contributed by atoms with Crippen LogP contribution in [0.4, 0.5) is 11.4 Å². The molecule has 0 spiro atoms. The van der Waals surface area contributed by atoms with E-state index in [4.69, 9.17) is 17.3 Å². The first kappa shape index (κ1) is 12.2. The summed E-state index contributed by atoms with van der Waals surface area (Å²) in [5.41, 5.74) is 8.48. The molecule has 0 saturated carbocycles. The number of anilines is 2. The van der Waals surface area contributed by atoms with Gasteiger partial charge in [0, 0.05) is 30.2 Å². The first-order chi connectivity index (χ1) is 8.16. The molecule has 3 nitrogen and oxygen atoms in total. The second-order valence-electron chi connectivity index (χ2n) is 3.79. The third-order valence-corrected chi connectivity index (χ3v) is 3.65. The van der Waals surface area contributed by atoms with E-state index in [-0.39, 0.29) is 0 Å². The Labute approximate surface area is 110 Å². The predicted octanol–water partition coefficient (Wildman–Crippen LogP) is 3.34. The maximum atomic E-state index is 5.99. The van der Waals surface area contributed by atoms with Crippen molar-refractivity contribution in [2.75, 3.05) is 17.6 Å². The molecule has 0 fully saturated rings. The molecular weight excluding hydrogens is 254 g/mol. The lowest BCUT2D eigenvalue weighted by Crippen LogP contribution is -2.06. The molecule has 0 aliphatic carbocycles. The Hall–Kier alpha value is -1.26. The molecule has 0 amide bonds. The zero-order valence-corrected chi connectivity index (χ0v) is 11.1. The van der Waals surface area contributed by atoms with Crippen LogP contribution in [0.3, 0.4) is 0 Å². The fourth-order valence-corrected chi connectivity index (χ4v) is 2.36. The molecule has 0 saturated heterocycles. The lowest BCUT2D eigenvalue weighted by molar-refractivity contribution is 0.996. The van der Waals surface area contributed by atoms with Crippen LogP contribution < -0.4 is 11.1 Å². The van der Waals surface area contributed by atoms with Crippen LogP contribution in [0.5, 0.6) is 0 Å². The normalized spacial score (nSPS) is 10.5. The van der Waals surface area contributed by atoms with Crippen molar-refractivity contribution in [3.63, 3.8) is 0 Å². The molecule has 0 bridgehead atoms. The van der Waals surface area contributed by atoms with Crippen LogP contribution in [0.25, 0.3) is 0 Å². The number of hydrogen-bond acceptors (Lipinski definition) is 4. The van der Waals surface area contributed by atoms with E-state index in [9.17, 15) is 0 Å². The van der Waals surface area contributed by atoms with Crippen LogP contribution in [-0.4, -0.2) is 11.5 Å². The zero-order valence-electron chi connectivity index (χ0n) is 9.53. The van der Waals surface area contributed by atoms with E-state index in [1.54, 1.807) is 11.3 Å². The van der Waals surface area contributed by atoms with Crippen molar-refractivity contribution in [1.29, 1.82) is 0 Å². The SMILES string of the molecule is Cc1cc(N)c(Cl)cc1NCCc1nccs1. The van der Waals surface area contributed by atoms with Crippen molar-refractivity contribution in [2.24, 2.45) is 0 Å². The van der Waals surface area contributed by atoms with E-state index in [1.165, 1.54) is 0 Å². The minimum Gasteiger partial charge on any atom is -0.398 e. The van der Waals surface area contributed by atoms with Crippen molar-refractivity contribution in [2.45, 2.75) is 13.3 Å². The molecule has 0 aliphatic heterocycles. The maximum absolute atomic E-state index is 5.99. The molecule has 17 heavy (non-hydrogen) atoms. The summed E-state index contributed by atoms with van der Waals surface area (Å²) in [6, 6.07) is 3.75. The Balaban J connectivity index is 1.97. The summed E-state index contributed by atoms with van der Waals surface area (Å²) in [5.74, 6) is 0. The molecule has 0 aliphatic rings. The maximum Gasteiger partial charge on any atom is 0.0942 e. The lowest BCUT2D eigenvalue weighted by Gasteiger charge is -2.10.